The molecule has 3 aromatic carbocycles. The highest BCUT2D eigenvalue weighted by Crippen LogP contribution is 2.39. The molecule has 31 heavy (non-hydrogen) atoms. The zero-order valence-corrected chi connectivity index (χ0v) is 19.9. The van der Waals surface area contributed by atoms with Crippen LogP contribution in [0.25, 0.3) is 44.1 Å². The fraction of sp³-hybridized carbons (Fsp3) is 0.222. The van der Waals surface area contributed by atoms with Gasteiger partial charge >= 0.3 is 0 Å². The van der Waals surface area contributed by atoms with E-state index in [1.165, 1.54) is 39.3 Å². The van der Waals surface area contributed by atoms with E-state index in [1.807, 2.05) is 6.07 Å². The normalized spacial score (nSPS) is 12.4. The number of furan rings is 1. The van der Waals surface area contributed by atoms with Crippen molar-refractivity contribution in [1.29, 1.82) is 0 Å². The zero-order chi connectivity index (χ0) is 22.1. The van der Waals surface area contributed by atoms with Crippen LogP contribution in [-0.4, -0.2) is 8.07 Å². The lowest BCUT2D eigenvalue weighted by Gasteiger charge is -2.16. The molecule has 4 heteroatoms. The maximum absolute atomic E-state index is 13.9. The lowest BCUT2D eigenvalue weighted by molar-refractivity contribution is -0.633. The third kappa shape index (κ3) is 3.09. The Kier molecular flexibility index (Phi) is 4.35. The maximum Gasteiger partial charge on any atom is 0.216 e. The number of aromatic nitrogens is 1. The molecule has 0 spiro atoms. The number of pyridine rings is 1. The van der Waals surface area contributed by atoms with E-state index in [9.17, 15) is 4.39 Å². The molecule has 0 saturated carbocycles. The Labute approximate surface area is 182 Å². The Morgan fingerprint density at radius 2 is 1.61 bits per heavy atom. The summed E-state index contributed by atoms with van der Waals surface area (Å²) >= 11 is 0. The molecule has 0 saturated heterocycles. The Morgan fingerprint density at radius 3 is 2.35 bits per heavy atom. The number of aryl methyl sites for hydroxylation is 2. The summed E-state index contributed by atoms with van der Waals surface area (Å²) in [4.78, 5) is 0. The second-order valence-electron chi connectivity index (χ2n) is 9.61. The van der Waals surface area contributed by atoms with E-state index < -0.39 is 8.07 Å². The number of benzene rings is 3. The minimum atomic E-state index is -1.43. The number of hydrogen-bond acceptors (Lipinski definition) is 1. The highest BCUT2D eigenvalue weighted by Gasteiger charge is 2.25. The van der Waals surface area contributed by atoms with Gasteiger partial charge in [0.25, 0.3) is 0 Å². The van der Waals surface area contributed by atoms with Gasteiger partial charge in [0.2, 0.25) is 11.2 Å². The highest BCUT2D eigenvalue weighted by molar-refractivity contribution is 6.88. The molecule has 5 rings (SSSR count). The first-order valence-electron chi connectivity index (χ1n) is 10.7. The van der Waals surface area contributed by atoms with Gasteiger partial charge in [-0.3, -0.25) is 0 Å². The number of rotatable bonds is 2. The molecule has 0 N–H and O–H groups in total. The van der Waals surface area contributed by atoms with Crippen LogP contribution in [0.4, 0.5) is 4.39 Å². The van der Waals surface area contributed by atoms with Crippen LogP contribution in [0, 0.1) is 19.7 Å². The van der Waals surface area contributed by atoms with Crippen molar-refractivity contribution >= 4 is 46.1 Å². The molecule has 156 valence electrons. The first kappa shape index (κ1) is 19.9. The SMILES string of the molecule is Cc1cc2c(oc3cc(F)ccc32)c(-c2ccc3ccc([Si](C)(C)C)cc3[n+]2C)c1C. The summed E-state index contributed by atoms with van der Waals surface area (Å²) in [7, 11) is 0.698. The Bertz CT molecular complexity index is 1510. The summed E-state index contributed by atoms with van der Waals surface area (Å²) in [6, 6.07) is 18.2. The minimum absolute atomic E-state index is 0.281. The summed E-state index contributed by atoms with van der Waals surface area (Å²) in [5.74, 6) is -0.281. The molecular weight excluding hydrogens is 401 g/mol. The predicted octanol–water partition coefficient (Wildman–Crippen LogP) is 6.53. The van der Waals surface area contributed by atoms with Crippen LogP contribution in [0.2, 0.25) is 19.6 Å². The third-order valence-electron chi connectivity index (χ3n) is 6.54. The molecule has 0 atom stereocenters. The smallest absolute Gasteiger partial charge is 0.216 e. The second-order valence-corrected chi connectivity index (χ2v) is 14.7. The average Bonchev–Trinajstić information content (AvgIpc) is 3.06. The van der Waals surface area contributed by atoms with Crippen molar-refractivity contribution in [3.63, 3.8) is 0 Å². The number of halogens is 1. The average molecular weight is 429 g/mol. The molecule has 0 fully saturated rings. The van der Waals surface area contributed by atoms with Crippen LogP contribution < -0.4 is 9.75 Å². The van der Waals surface area contributed by atoms with Crippen molar-refractivity contribution in [2.45, 2.75) is 33.5 Å². The molecule has 0 aliphatic rings. The summed E-state index contributed by atoms with van der Waals surface area (Å²) in [5.41, 5.74) is 7.19. The lowest BCUT2D eigenvalue weighted by atomic mass is 9.96. The summed E-state index contributed by atoms with van der Waals surface area (Å²) in [6.07, 6.45) is 0. The molecule has 2 heterocycles. The lowest BCUT2D eigenvalue weighted by Crippen LogP contribution is -2.39. The number of nitrogens with zero attached hydrogens (tertiary/aromatic N) is 1. The number of hydrogen-bond donors (Lipinski definition) is 0. The van der Waals surface area contributed by atoms with Gasteiger partial charge in [0.15, 0.2) is 0 Å². The van der Waals surface area contributed by atoms with Gasteiger partial charge in [-0.1, -0.05) is 30.9 Å². The molecule has 0 amide bonds. The molecular formula is C27H27FNOSi+. The Morgan fingerprint density at radius 1 is 0.871 bits per heavy atom. The fourth-order valence-corrected chi connectivity index (χ4v) is 5.68. The fourth-order valence-electron chi connectivity index (χ4n) is 4.52. The quantitative estimate of drug-likeness (QED) is 0.231. The van der Waals surface area contributed by atoms with Crippen LogP contribution in [0.15, 0.2) is 59.0 Å². The first-order valence-corrected chi connectivity index (χ1v) is 14.2. The van der Waals surface area contributed by atoms with Crippen molar-refractivity contribution in [2.75, 3.05) is 0 Å². The predicted molar refractivity (Wildman–Crippen MR) is 130 cm³/mol. The van der Waals surface area contributed by atoms with Gasteiger partial charge in [-0.25, -0.2) is 4.39 Å². The van der Waals surface area contributed by atoms with Crippen LogP contribution in [0.5, 0.6) is 0 Å². The van der Waals surface area contributed by atoms with Crippen molar-refractivity contribution in [3.8, 4) is 11.3 Å². The van der Waals surface area contributed by atoms with Gasteiger partial charge in [0.05, 0.1) is 13.6 Å². The van der Waals surface area contributed by atoms with Gasteiger partial charge < -0.3 is 4.42 Å². The van der Waals surface area contributed by atoms with E-state index in [0.717, 1.165) is 27.6 Å². The molecule has 0 bridgehead atoms. The molecule has 2 aromatic heterocycles. The monoisotopic (exact) mass is 428 g/mol. The summed E-state index contributed by atoms with van der Waals surface area (Å²) in [5, 5.41) is 4.65. The standard InChI is InChI=1S/C27H27FNOSi/c1-16-13-22-21-11-9-19(28)14-25(21)30-27(22)26(17(16)2)23-12-8-18-7-10-20(31(4,5)6)15-24(18)29(23)3/h7-15H,1-6H3/q+1. The molecule has 2 nitrogen and oxygen atoms in total. The molecule has 5 aromatic rings. The Balaban J connectivity index is 1.87. The van der Waals surface area contributed by atoms with E-state index in [2.05, 4.69) is 81.5 Å². The minimum Gasteiger partial charge on any atom is -0.455 e. The van der Waals surface area contributed by atoms with Crippen LogP contribution in [0.3, 0.4) is 0 Å². The van der Waals surface area contributed by atoms with E-state index in [-0.39, 0.29) is 5.82 Å². The molecule has 0 unspecified atom stereocenters. The van der Waals surface area contributed by atoms with Gasteiger partial charge in [-0.2, -0.15) is 4.57 Å². The zero-order valence-electron chi connectivity index (χ0n) is 18.9. The van der Waals surface area contributed by atoms with Crippen molar-refractivity contribution in [1.82, 2.24) is 0 Å². The molecule has 0 radical (unpaired) electrons. The van der Waals surface area contributed by atoms with E-state index in [1.54, 1.807) is 0 Å². The molecule has 0 aliphatic carbocycles. The Hall–Kier alpha value is -2.98. The number of fused-ring (bicyclic) bond motifs is 4. The topological polar surface area (TPSA) is 17.0 Å². The van der Waals surface area contributed by atoms with Gasteiger partial charge in [0.1, 0.15) is 24.0 Å². The van der Waals surface area contributed by atoms with Gasteiger partial charge in [0, 0.05) is 34.4 Å². The van der Waals surface area contributed by atoms with Crippen LogP contribution in [0.1, 0.15) is 11.1 Å². The van der Waals surface area contributed by atoms with Crippen LogP contribution in [-0.2, 0) is 7.05 Å². The van der Waals surface area contributed by atoms with Crippen LogP contribution >= 0.6 is 0 Å². The van der Waals surface area contributed by atoms with Crippen molar-refractivity contribution < 1.29 is 13.4 Å². The van der Waals surface area contributed by atoms with E-state index >= 15 is 0 Å². The third-order valence-corrected chi connectivity index (χ3v) is 8.58. The van der Waals surface area contributed by atoms with Gasteiger partial charge in [-0.05, 0) is 55.3 Å². The summed E-state index contributed by atoms with van der Waals surface area (Å²) in [6.45, 7) is 11.4. The maximum atomic E-state index is 13.9. The van der Waals surface area contributed by atoms with E-state index in [0.29, 0.717) is 5.58 Å². The highest BCUT2D eigenvalue weighted by atomic mass is 28.3. The molecule has 0 aliphatic heterocycles. The summed E-state index contributed by atoms with van der Waals surface area (Å²) < 4.78 is 22.4. The van der Waals surface area contributed by atoms with Gasteiger partial charge in [-0.15, -0.1) is 0 Å². The van der Waals surface area contributed by atoms with Crippen molar-refractivity contribution in [3.05, 3.63) is 71.5 Å². The second kappa shape index (κ2) is 6.76. The largest absolute Gasteiger partial charge is 0.455 e. The van der Waals surface area contributed by atoms with Crippen molar-refractivity contribution in [2.24, 2.45) is 7.05 Å². The van der Waals surface area contributed by atoms with E-state index in [4.69, 9.17) is 4.42 Å². The first-order chi connectivity index (χ1) is 14.6.